The molecule has 0 amide bonds. The first-order chi connectivity index (χ1) is 34.6. The molecule has 0 aliphatic rings. The van der Waals surface area contributed by atoms with Crippen LogP contribution in [0.4, 0.5) is 10.1 Å². The van der Waals surface area contributed by atoms with Crippen molar-refractivity contribution in [1.29, 1.82) is 0 Å². The summed E-state index contributed by atoms with van der Waals surface area (Å²) in [5, 5.41) is 10.3. The zero-order valence-corrected chi connectivity index (χ0v) is 50.7. The van der Waals surface area contributed by atoms with Crippen LogP contribution in [-0.4, -0.2) is 32.6 Å². The Hall–Kier alpha value is -4.29. The normalized spacial score (nSPS) is 11.5. The summed E-state index contributed by atoms with van der Waals surface area (Å²) in [6.45, 7) is 56.4. The number of nitrogens with one attached hydrogen (secondary N) is 3. The number of allylic oxidation sites excluding steroid dienone is 2. The molecule has 3 N–H and O–H groups in total. The SMILES string of the molecule is C=C(C)C[C@H](C)C[C@H](C)CCNC(=C)C[C@H](C)C[C@H](C)CCn1c(-c2ccc(F)cc2)c(-c2ccccc2)c(C(=C)Nc2ccccc2)c1C(C)C.CC.CC.CC.CCC.CCC.CCCCNC.[B]C. The van der Waals surface area contributed by atoms with Gasteiger partial charge in [-0.1, -0.05) is 211 Å². The third kappa shape index (κ3) is 32.7. The van der Waals surface area contributed by atoms with Gasteiger partial charge in [0.25, 0.3) is 0 Å². The number of nitrogens with zero attached hydrogens (tertiary/aromatic N) is 1. The van der Waals surface area contributed by atoms with Gasteiger partial charge in [-0.15, -0.1) is 6.58 Å². The van der Waals surface area contributed by atoms with Gasteiger partial charge in [-0.3, -0.25) is 0 Å². The van der Waals surface area contributed by atoms with E-state index in [9.17, 15) is 4.39 Å². The van der Waals surface area contributed by atoms with E-state index in [2.05, 4.69) is 174 Å². The van der Waals surface area contributed by atoms with Gasteiger partial charge in [-0.25, -0.2) is 4.39 Å². The number of halogens is 1. The standard InChI is InChI=1S/C48H64FN3.C5H13N.2C3H8.3C2H6.CH3B/c1-33(2)29-37(7)30-35(5)25-27-50-39(9)32-38(8)31-36(6)26-28-52-47(34(3)4)45(40(10)51-44-19-15-12-16-20-44)46(41-17-13-11-14-18-41)48(52)42-21-23-43(49)24-22-42;1-3-4-5-6-2;2*1-3-2;4*1-2/h11-24,34-38,50-51H,1,9-10,25-32H2,2-8H3;6H,3-5H2,1-2H3;2*3H2,1-2H3;3*1-2H3;1H3/t35-,36-,37+,38-;;;;;;;/m1......./s1. The van der Waals surface area contributed by atoms with Crippen molar-refractivity contribution in [2.75, 3.05) is 25.5 Å². The first-order valence-electron chi connectivity index (χ1n) is 28.5. The monoisotopic (exact) mass is 993 g/mol. The minimum absolute atomic E-state index is 0.224. The molecule has 4 nitrogen and oxygen atoms in total. The van der Waals surface area contributed by atoms with Crippen LogP contribution in [0, 0.1) is 29.5 Å². The molecule has 0 aliphatic heterocycles. The fourth-order valence-corrected chi connectivity index (χ4v) is 8.39. The predicted molar refractivity (Wildman–Crippen MR) is 331 cm³/mol. The van der Waals surface area contributed by atoms with Crippen LogP contribution >= 0.6 is 0 Å². The van der Waals surface area contributed by atoms with Crippen LogP contribution in [0.15, 0.2) is 116 Å². The molecule has 0 fully saturated rings. The highest BCUT2D eigenvalue weighted by Gasteiger charge is 2.28. The van der Waals surface area contributed by atoms with Crippen molar-refractivity contribution in [3.05, 3.63) is 133 Å². The van der Waals surface area contributed by atoms with Gasteiger partial charge >= 0.3 is 0 Å². The van der Waals surface area contributed by atoms with Crippen molar-refractivity contribution >= 4 is 19.2 Å². The summed E-state index contributed by atoms with van der Waals surface area (Å²) < 4.78 is 16.8. The van der Waals surface area contributed by atoms with Crippen molar-refractivity contribution in [2.24, 2.45) is 23.7 Å². The zero-order chi connectivity index (χ0) is 56.0. The number of benzene rings is 3. The van der Waals surface area contributed by atoms with Crippen LogP contribution in [-0.2, 0) is 6.54 Å². The molecule has 0 bridgehead atoms. The zero-order valence-electron chi connectivity index (χ0n) is 50.7. The first kappa shape index (κ1) is 74.2. The average Bonchev–Trinajstić information content (AvgIpc) is 3.72. The van der Waals surface area contributed by atoms with E-state index in [4.69, 9.17) is 0 Å². The minimum Gasteiger partial charge on any atom is -0.389 e. The molecule has 0 spiro atoms. The average molecular weight is 993 g/mol. The fraction of sp³-hybridized carbons (Fsp3) is 0.576. The summed E-state index contributed by atoms with van der Waals surface area (Å²) in [4.78, 5) is 0. The summed E-state index contributed by atoms with van der Waals surface area (Å²) in [5.41, 5.74) is 11.0. The van der Waals surface area contributed by atoms with E-state index >= 15 is 0 Å². The van der Waals surface area contributed by atoms with Crippen molar-refractivity contribution in [3.8, 4) is 22.4 Å². The van der Waals surface area contributed by atoms with E-state index < -0.39 is 0 Å². The molecule has 1 heterocycles. The Kier molecular flexibility index (Phi) is 50.5. The molecular formula is C66H114BFN4. The maximum Gasteiger partial charge on any atom is 0.123 e. The van der Waals surface area contributed by atoms with Crippen molar-refractivity contribution in [3.63, 3.8) is 0 Å². The number of unbranched alkanes of at least 4 members (excludes halogenated alkanes) is 1. The van der Waals surface area contributed by atoms with Gasteiger partial charge in [0.2, 0.25) is 0 Å². The highest BCUT2D eigenvalue weighted by Crippen LogP contribution is 2.45. The van der Waals surface area contributed by atoms with Crippen molar-refractivity contribution < 1.29 is 4.39 Å². The van der Waals surface area contributed by atoms with Crippen LogP contribution < -0.4 is 16.0 Å². The lowest BCUT2D eigenvalue weighted by Crippen LogP contribution is -2.19. The van der Waals surface area contributed by atoms with E-state index in [1.54, 1.807) is 12.1 Å². The Morgan fingerprint density at radius 2 is 1.10 bits per heavy atom. The number of aromatic nitrogens is 1. The largest absolute Gasteiger partial charge is 0.389 e. The highest BCUT2D eigenvalue weighted by molar-refractivity contribution is 6.05. The van der Waals surface area contributed by atoms with Gasteiger partial charge in [0.05, 0.1) is 13.5 Å². The summed E-state index contributed by atoms with van der Waals surface area (Å²) >= 11 is 0. The number of para-hydroxylation sites is 1. The fourth-order valence-electron chi connectivity index (χ4n) is 8.39. The molecule has 2 radical (unpaired) electrons. The summed E-state index contributed by atoms with van der Waals surface area (Å²) in [6.07, 6.45) is 11.8. The first-order valence-corrected chi connectivity index (χ1v) is 28.5. The quantitative estimate of drug-likeness (QED) is 0.0372. The van der Waals surface area contributed by atoms with Crippen LogP contribution in [0.25, 0.3) is 28.1 Å². The van der Waals surface area contributed by atoms with Gasteiger partial charge in [-0.05, 0) is 143 Å². The van der Waals surface area contributed by atoms with Crippen LogP contribution in [0.2, 0.25) is 6.82 Å². The number of anilines is 1. The maximum atomic E-state index is 14.3. The molecule has 4 aromatic rings. The molecule has 3 aromatic carbocycles. The molecule has 72 heavy (non-hydrogen) atoms. The van der Waals surface area contributed by atoms with Crippen molar-refractivity contribution in [2.45, 2.75) is 208 Å². The highest BCUT2D eigenvalue weighted by atomic mass is 19.1. The summed E-state index contributed by atoms with van der Waals surface area (Å²) in [7, 11) is 6.48. The van der Waals surface area contributed by atoms with E-state index in [-0.39, 0.29) is 11.7 Å². The third-order valence-corrected chi connectivity index (χ3v) is 10.9. The molecule has 0 saturated carbocycles. The van der Waals surface area contributed by atoms with Gasteiger partial charge in [0, 0.05) is 47.0 Å². The smallest absolute Gasteiger partial charge is 0.123 e. The molecule has 4 atom stereocenters. The van der Waals surface area contributed by atoms with Crippen LogP contribution in [0.1, 0.15) is 206 Å². The van der Waals surface area contributed by atoms with E-state index in [0.29, 0.717) is 23.7 Å². The second kappa shape index (κ2) is 49.0. The molecule has 6 heteroatoms. The van der Waals surface area contributed by atoms with E-state index in [1.165, 1.54) is 50.2 Å². The summed E-state index contributed by atoms with van der Waals surface area (Å²) in [6, 6.07) is 27.8. The summed E-state index contributed by atoms with van der Waals surface area (Å²) in [5.74, 6) is 2.40. The molecular weight excluding hydrogens is 879 g/mol. The number of rotatable bonds is 24. The van der Waals surface area contributed by atoms with Crippen LogP contribution in [0.5, 0.6) is 0 Å². The Bertz CT molecular complexity index is 1840. The molecule has 408 valence electrons. The molecule has 1 aromatic heterocycles. The van der Waals surface area contributed by atoms with E-state index in [0.717, 1.165) is 96.8 Å². The van der Waals surface area contributed by atoms with Gasteiger partial charge < -0.3 is 20.5 Å². The molecule has 0 saturated heterocycles. The second-order valence-electron chi connectivity index (χ2n) is 18.9. The Morgan fingerprint density at radius 1 is 0.625 bits per heavy atom. The second-order valence-corrected chi connectivity index (χ2v) is 18.9. The number of hydrogen-bond donors (Lipinski definition) is 3. The van der Waals surface area contributed by atoms with Gasteiger partial charge in [0.15, 0.2) is 0 Å². The van der Waals surface area contributed by atoms with Crippen molar-refractivity contribution in [1.82, 2.24) is 15.2 Å². The van der Waals surface area contributed by atoms with Gasteiger partial charge in [0.1, 0.15) is 5.82 Å². The maximum absolute atomic E-state index is 14.3. The number of hydrogen-bond acceptors (Lipinski definition) is 3. The van der Waals surface area contributed by atoms with Gasteiger partial charge in [-0.2, -0.15) is 0 Å². The Morgan fingerprint density at radius 3 is 1.54 bits per heavy atom. The van der Waals surface area contributed by atoms with E-state index in [1.807, 2.05) is 78.9 Å². The topological polar surface area (TPSA) is 41.0 Å². The minimum atomic E-state index is -0.232. The lowest BCUT2D eigenvalue weighted by atomic mass is 9.90. The molecule has 0 aliphatic carbocycles. The predicted octanol–water partition coefficient (Wildman–Crippen LogP) is 20.9. The Balaban J connectivity index is -0.000001000. The molecule has 0 unspecified atom stereocenters. The lowest BCUT2D eigenvalue weighted by Gasteiger charge is -2.22. The Labute approximate surface area is 449 Å². The van der Waals surface area contributed by atoms with Crippen LogP contribution in [0.3, 0.4) is 0 Å². The lowest BCUT2D eigenvalue weighted by molar-refractivity contribution is 0.365. The third-order valence-electron chi connectivity index (χ3n) is 10.9. The molecule has 4 rings (SSSR count).